The number of nitrogens with two attached hydrogens (primary N) is 1. The zero-order valence-electron chi connectivity index (χ0n) is 17.7. The Kier molecular flexibility index (Phi) is 8.77. The quantitative estimate of drug-likeness (QED) is 0.204. The summed E-state index contributed by atoms with van der Waals surface area (Å²) in [6.07, 6.45) is 6.95. The number of β-amino-alcohol motifs (C(OH)–C–C–N with tert-alkyl or cyclic N) is 1. The monoisotopic (exact) mass is 410 g/mol. The number of carbonyl (C=O) groups is 1. The van der Waals surface area contributed by atoms with Crippen molar-refractivity contribution in [2.45, 2.75) is 25.5 Å². The molecule has 2 rings (SSSR count). The van der Waals surface area contributed by atoms with Crippen LogP contribution in [0.15, 0.2) is 73.6 Å². The summed E-state index contributed by atoms with van der Waals surface area (Å²) in [5, 5.41) is 9.90. The SMILES string of the molecule is C=C/C=C(/OCC(=O)[N+](=CC)C(CN1CCC(O)C1)c1cccc(N)c1)C(=C)C=C. The molecule has 1 aliphatic heterocycles. The Bertz CT molecular complexity index is 857. The average Bonchev–Trinajstić information content (AvgIpc) is 3.15. The molecule has 6 heteroatoms. The van der Waals surface area contributed by atoms with Gasteiger partial charge in [-0.3, -0.25) is 4.90 Å². The molecule has 1 fully saturated rings. The Morgan fingerprint density at radius 3 is 2.80 bits per heavy atom. The summed E-state index contributed by atoms with van der Waals surface area (Å²) >= 11 is 0. The molecule has 1 aromatic rings. The van der Waals surface area contributed by atoms with Crippen LogP contribution in [0.4, 0.5) is 5.69 Å². The Morgan fingerprint density at radius 1 is 1.47 bits per heavy atom. The molecule has 2 unspecified atom stereocenters. The van der Waals surface area contributed by atoms with Gasteiger partial charge in [-0.25, -0.2) is 4.79 Å². The first-order valence-corrected chi connectivity index (χ1v) is 10.0. The van der Waals surface area contributed by atoms with Crippen LogP contribution in [0, 0.1) is 0 Å². The van der Waals surface area contributed by atoms with E-state index in [2.05, 4.69) is 24.6 Å². The fourth-order valence-electron chi connectivity index (χ4n) is 3.51. The molecule has 0 aromatic heterocycles. The van der Waals surface area contributed by atoms with Crippen molar-refractivity contribution < 1.29 is 19.2 Å². The number of amides is 1. The van der Waals surface area contributed by atoms with Crippen LogP contribution in [-0.2, 0) is 9.53 Å². The standard InChI is InChI=1S/C24H32N3O3/c1-5-9-23(18(4)6-2)30-17-24(29)27(7-3)22(16-26-13-12-21(28)15-26)19-10-8-11-20(25)14-19/h5-11,14,21-22,28H,1-2,4,12-13,15-17,25H2,3H3/q+1/b23-9+,27-7?. The molecule has 6 nitrogen and oxygen atoms in total. The summed E-state index contributed by atoms with van der Waals surface area (Å²) in [6.45, 7) is 14.8. The third kappa shape index (κ3) is 6.27. The third-order valence-electron chi connectivity index (χ3n) is 5.06. The Labute approximate surface area is 179 Å². The maximum Gasteiger partial charge on any atom is 0.424 e. The number of rotatable bonds is 10. The molecule has 1 saturated heterocycles. The van der Waals surface area contributed by atoms with Gasteiger partial charge >= 0.3 is 5.91 Å². The van der Waals surface area contributed by atoms with Crippen LogP contribution in [0.3, 0.4) is 0 Å². The van der Waals surface area contributed by atoms with Crippen LogP contribution in [0.2, 0.25) is 0 Å². The number of ether oxygens (including phenoxy) is 1. The lowest BCUT2D eigenvalue weighted by Crippen LogP contribution is -2.37. The highest BCUT2D eigenvalue weighted by Crippen LogP contribution is 2.23. The normalized spacial score (nSPS) is 18.7. The summed E-state index contributed by atoms with van der Waals surface area (Å²) in [6, 6.07) is 7.28. The van der Waals surface area contributed by atoms with Gasteiger partial charge in [0.15, 0.2) is 6.04 Å². The second kappa shape index (κ2) is 11.3. The lowest BCUT2D eigenvalue weighted by atomic mass is 10.0. The van der Waals surface area contributed by atoms with E-state index >= 15 is 0 Å². The number of aliphatic hydroxyl groups is 1. The lowest BCUT2D eigenvalue weighted by Gasteiger charge is -2.22. The molecule has 30 heavy (non-hydrogen) atoms. The smallest absolute Gasteiger partial charge is 0.424 e. The first-order valence-electron chi connectivity index (χ1n) is 10.0. The van der Waals surface area contributed by atoms with Crippen LogP contribution >= 0.6 is 0 Å². The van der Waals surface area contributed by atoms with Crippen LogP contribution in [0.1, 0.15) is 24.9 Å². The van der Waals surface area contributed by atoms with Crippen LogP contribution in [0.25, 0.3) is 0 Å². The van der Waals surface area contributed by atoms with Gasteiger partial charge in [-0.2, -0.15) is 4.58 Å². The molecule has 0 saturated carbocycles. The predicted molar refractivity (Wildman–Crippen MR) is 121 cm³/mol. The van der Waals surface area contributed by atoms with Crippen molar-refractivity contribution >= 4 is 17.8 Å². The number of anilines is 1. The van der Waals surface area contributed by atoms with Gasteiger partial charge < -0.3 is 15.6 Å². The minimum Gasteiger partial charge on any atom is -0.478 e. The molecule has 1 heterocycles. The molecule has 0 bridgehead atoms. The van der Waals surface area contributed by atoms with Crippen molar-refractivity contribution in [2.75, 3.05) is 32.0 Å². The number of benzene rings is 1. The molecule has 160 valence electrons. The minimum absolute atomic E-state index is 0.154. The van der Waals surface area contributed by atoms with Gasteiger partial charge in [-0.1, -0.05) is 44.0 Å². The second-order valence-corrected chi connectivity index (χ2v) is 7.23. The van der Waals surface area contributed by atoms with Crippen molar-refractivity contribution in [1.82, 2.24) is 4.90 Å². The van der Waals surface area contributed by atoms with Gasteiger partial charge in [0.25, 0.3) is 0 Å². The largest absolute Gasteiger partial charge is 0.478 e. The van der Waals surface area contributed by atoms with Crippen LogP contribution in [-0.4, -0.2) is 59.0 Å². The summed E-state index contributed by atoms with van der Waals surface area (Å²) in [5.74, 6) is 0.254. The Balaban J connectivity index is 2.24. The van der Waals surface area contributed by atoms with E-state index < -0.39 is 0 Å². The third-order valence-corrected chi connectivity index (χ3v) is 5.06. The van der Waals surface area contributed by atoms with Crippen molar-refractivity contribution in [3.05, 3.63) is 79.1 Å². The van der Waals surface area contributed by atoms with E-state index in [0.717, 1.165) is 18.5 Å². The molecular formula is C24H32N3O3+. The minimum atomic E-state index is -0.332. The summed E-state index contributed by atoms with van der Waals surface area (Å²) in [7, 11) is 0. The molecule has 1 aliphatic rings. The molecule has 0 spiro atoms. The number of carbonyl (C=O) groups excluding carboxylic acids is 1. The maximum absolute atomic E-state index is 13.1. The maximum atomic E-state index is 13.1. The summed E-state index contributed by atoms with van der Waals surface area (Å²) in [4.78, 5) is 15.3. The highest BCUT2D eigenvalue weighted by molar-refractivity contribution is 5.73. The number of hydrogen-bond donors (Lipinski definition) is 2. The number of likely N-dealkylation sites (tertiary alicyclic amines) is 1. The Hall–Kier alpha value is -2.96. The predicted octanol–water partition coefficient (Wildman–Crippen LogP) is 2.84. The van der Waals surface area contributed by atoms with Crippen molar-refractivity contribution in [2.24, 2.45) is 0 Å². The van der Waals surface area contributed by atoms with Crippen molar-refractivity contribution in [3.8, 4) is 0 Å². The number of nitrogens with zero attached hydrogens (tertiary/aromatic N) is 2. The molecule has 1 aromatic carbocycles. The molecule has 2 atom stereocenters. The Morgan fingerprint density at radius 2 is 2.23 bits per heavy atom. The molecule has 1 amide bonds. The van der Waals surface area contributed by atoms with Crippen LogP contribution in [0.5, 0.6) is 0 Å². The fourth-order valence-corrected chi connectivity index (χ4v) is 3.51. The molecule has 3 N–H and O–H groups in total. The van der Waals surface area contributed by atoms with E-state index in [0.29, 0.717) is 30.1 Å². The fraction of sp³-hybridized carbons (Fsp3) is 0.333. The number of aliphatic hydroxyl groups excluding tert-OH is 1. The molecular weight excluding hydrogens is 378 g/mol. The summed E-state index contributed by atoms with van der Waals surface area (Å²) < 4.78 is 7.37. The van der Waals surface area contributed by atoms with Gasteiger partial charge in [-0.15, -0.1) is 0 Å². The number of allylic oxidation sites excluding steroid dienone is 3. The van der Waals surface area contributed by atoms with E-state index in [1.165, 1.54) is 0 Å². The van der Waals surface area contributed by atoms with E-state index in [1.54, 1.807) is 29.0 Å². The second-order valence-electron chi connectivity index (χ2n) is 7.23. The first-order chi connectivity index (χ1) is 14.4. The molecule has 0 aliphatic carbocycles. The van der Waals surface area contributed by atoms with E-state index in [9.17, 15) is 9.90 Å². The van der Waals surface area contributed by atoms with Gasteiger partial charge in [0, 0.05) is 36.8 Å². The highest BCUT2D eigenvalue weighted by atomic mass is 16.5. The van der Waals surface area contributed by atoms with Crippen molar-refractivity contribution in [1.29, 1.82) is 0 Å². The van der Waals surface area contributed by atoms with E-state index in [4.69, 9.17) is 10.5 Å². The number of hydrogen-bond acceptors (Lipinski definition) is 5. The van der Waals surface area contributed by atoms with Gasteiger partial charge in [0.1, 0.15) is 12.0 Å². The first kappa shape index (κ1) is 23.3. The molecule has 0 radical (unpaired) electrons. The number of nitrogen functional groups attached to an aromatic ring is 1. The van der Waals surface area contributed by atoms with Gasteiger partial charge in [-0.05, 0) is 24.6 Å². The van der Waals surface area contributed by atoms with Crippen molar-refractivity contribution in [3.63, 3.8) is 0 Å². The summed E-state index contributed by atoms with van der Waals surface area (Å²) in [5.41, 5.74) is 8.14. The van der Waals surface area contributed by atoms with Crippen LogP contribution < -0.4 is 5.73 Å². The average molecular weight is 411 g/mol. The zero-order valence-corrected chi connectivity index (χ0v) is 17.7. The lowest BCUT2D eigenvalue weighted by molar-refractivity contribution is -0.493. The van der Waals surface area contributed by atoms with Gasteiger partial charge in [0.05, 0.1) is 12.6 Å². The van der Waals surface area contributed by atoms with E-state index in [1.807, 2.05) is 31.2 Å². The van der Waals surface area contributed by atoms with E-state index in [-0.39, 0.29) is 24.7 Å². The topological polar surface area (TPSA) is 78.8 Å². The van der Waals surface area contributed by atoms with Gasteiger partial charge in [0.2, 0.25) is 6.61 Å². The zero-order chi connectivity index (χ0) is 22.1. The highest BCUT2D eigenvalue weighted by Gasteiger charge is 2.33.